The SMILES string of the molecule is COCCNC(=O)CSc1ccccc1C(=O)OCCN1C(=O)c2ccccc2C1=O. The molecule has 0 aliphatic carbocycles. The Balaban J connectivity index is 1.53. The molecule has 2 aromatic carbocycles. The zero-order valence-electron chi connectivity index (χ0n) is 17.0. The van der Waals surface area contributed by atoms with Gasteiger partial charge in [-0.15, -0.1) is 11.8 Å². The number of nitrogens with zero attached hydrogens (tertiary/aromatic N) is 1. The quantitative estimate of drug-likeness (QED) is 0.260. The molecule has 1 N–H and O–H groups in total. The summed E-state index contributed by atoms with van der Waals surface area (Å²) in [6, 6.07) is 13.4. The van der Waals surface area contributed by atoms with Gasteiger partial charge >= 0.3 is 5.97 Å². The lowest BCUT2D eigenvalue weighted by molar-refractivity contribution is -0.118. The number of ether oxygens (including phenoxy) is 2. The molecule has 0 spiro atoms. The third-order valence-electron chi connectivity index (χ3n) is 4.52. The minimum absolute atomic E-state index is 0.0324. The fourth-order valence-electron chi connectivity index (χ4n) is 3.00. The van der Waals surface area contributed by atoms with E-state index in [9.17, 15) is 19.2 Å². The highest BCUT2D eigenvalue weighted by Crippen LogP contribution is 2.24. The Morgan fingerprint density at radius 1 is 0.968 bits per heavy atom. The molecule has 1 aliphatic heterocycles. The molecule has 8 nitrogen and oxygen atoms in total. The van der Waals surface area contributed by atoms with E-state index in [0.29, 0.717) is 34.7 Å². The summed E-state index contributed by atoms with van der Waals surface area (Å²) in [5.74, 6) is -1.40. The molecule has 1 heterocycles. The number of rotatable bonds is 10. The van der Waals surface area contributed by atoms with Crippen LogP contribution < -0.4 is 5.32 Å². The first kappa shape index (κ1) is 22.5. The van der Waals surface area contributed by atoms with Gasteiger partial charge in [0.15, 0.2) is 0 Å². The molecule has 9 heteroatoms. The first-order chi connectivity index (χ1) is 15.0. The summed E-state index contributed by atoms with van der Waals surface area (Å²) < 4.78 is 10.2. The van der Waals surface area contributed by atoms with Gasteiger partial charge in [0, 0.05) is 18.6 Å². The normalized spacial score (nSPS) is 12.6. The first-order valence-electron chi connectivity index (χ1n) is 9.62. The second kappa shape index (κ2) is 10.7. The van der Waals surface area contributed by atoms with Gasteiger partial charge in [-0.2, -0.15) is 0 Å². The van der Waals surface area contributed by atoms with Crippen LogP contribution in [0.2, 0.25) is 0 Å². The van der Waals surface area contributed by atoms with Crippen LogP contribution >= 0.6 is 11.8 Å². The molecule has 2 aromatic rings. The molecule has 0 radical (unpaired) electrons. The number of amides is 3. The monoisotopic (exact) mass is 442 g/mol. The maximum Gasteiger partial charge on any atom is 0.339 e. The van der Waals surface area contributed by atoms with Crippen LogP contribution in [-0.4, -0.2) is 67.8 Å². The predicted octanol–water partition coefficient (Wildman–Crippen LogP) is 1.99. The highest BCUT2D eigenvalue weighted by atomic mass is 32.2. The number of methoxy groups -OCH3 is 1. The van der Waals surface area contributed by atoms with Crippen LogP contribution in [0.5, 0.6) is 0 Å². The molecule has 0 fully saturated rings. The molecule has 3 amide bonds. The minimum Gasteiger partial charge on any atom is -0.460 e. The zero-order chi connectivity index (χ0) is 22.2. The van der Waals surface area contributed by atoms with E-state index in [1.165, 1.54) is 11.8 Å². The fraction of sp³-hybridized carbons (Fsp3) is 0.273. The maximum atomic E-state index is 12.5. The third-order valence-corrected chi connectivity index (χ3v) is 5.59. The number of carbonyl (C=O) groups excluding carboxylic acids is 4. The molecule has 1 aliphatic rings. The van der Waals surface area contributed by atoms with E-state index >= 15 is 0 Å². The van der Waals surface area contributed by atoms with Gasteiger partial charge in [0.05, 0.1) is 35.6 Å². The summed E-state index contributed by atoms with van der Waals surface area (Å²) in [7, 11) is 1.55. The average Bonchev–Trinajstić information content (AvgIpc) is 3.03. The summed E-state index contributed by atoms with van der Waals surface area (Å²) >= 11 is 1.22. The summed E-state index contributed by atoms with van der Waals surface area (Å²) in [4.78, 5) is 50.8. The number of thioether (sulfide) groups is 1. The predicted molar refractivity (Wildman–Crippen MR) is 114 cm³/mol. The number of benzene rings is 2. The smallest absolute Gasteiger partial charge is 0.339 e. The van der Waals surface area contributed by atoms with Crippen molar-refractivity contribution in [3.05, 3.63) is 65.2 Å². The topological polar surface area (TPSA) is 102 Å². The zero-order valence-corrected chi connectivity index (χ0v) is 17.8. The number of hydrogen-bond donors (Lipinski definition) is 1. The Hall–Kier alpha value is -3.17. The molecular formula is C22H22N2O6S. The van der Waals surface area contributed by atoms with Crippen LogP contribution in [0.3, 0.4) is 0 Å². The van der Waals surface area contributed by atoms with Gasteiger partial charge in [-0.05, 0) is 24.3 Å². The number of nitrogens with one attached hydrogen (secondary N) is 1. The van der Waals surface area contributed by atoms with Crippen LogP contribution in [0.15, 0.2) is 53.4 Å². The summed E-state index contributed by atoms with van der Waals surface area (Å²) in [6.07, 6.45) is 0. The van der Waals surface area contributed by atoms with Crippen molar-refractivity contribution >= 4 is 35.5 Å². The molecule has 162 valence electrons. The van der Waals surface area contributed by atoms with Gasteiger partial charge in [0.2, 0.25) is 5.91 Å². The van der Waals surface area contributed by atoms with E-state index < -0.39 is 17.8 Å². The molecule has 0 unspecified atom stereocenters. The van der Waals surface area contributed by atoms with Crippen molar-refractivity contribution in [2.45, 2.75) is 4.90 Å². The van der Waals surface area contributed by atoms with Crippen molar-refractivity contribution in [2.75, 3.05) is 39.2 Å². The van der Waals surface area contributed by atoms with Crippen LogP contribution in [0.1, 0.15) is 31.1 Å². The highest BCUT2D eigenvalue weighted by molar-refractivity contribution is 8.00. The number of carbonyl (C=O) groups is 4. The van der Waals surface area contributed by atoms with E-state index in [1.807, 2.05) is 0 Å². The van der Waals surface area contributed by atoms with Crippen molar-refractivity contribution in [1.29, 1.82) is 0 Å². The lowest BCUT2D eigenvalue weighted by Crippen LogP contribution is -2.33. The molecule has 0 saturated carbocycles. The number of imide groups is 1. The van der Waals surface area contributed by atoms with E-state index in [4.69, 9.17) is 9.47 Å². The molecule has 3 rings (SSSR count). The summed E-state index contributed by atoms with van der Waals surface area (Å²) in [6.45, 7) is 0.680. The van der Waals surface area contributed by atoms with Crippen LogP contribution in [0, 0.1) is 0 Å². The second-order valence-electron chi connectivity index (χ2n) is 6.57. The van der Waals surface area contributed by atoms with Crippen molar-refractivity contribution in [1.82, 2.24) is 10.2 Å². The number of hydrogen-bond acceptors (Lipinski definition) is 7. The maximum absolute atomic E-state index is 12.5. The van der Waals surface area contributed by atoms with Crippen molar-refractivity contribution < 1.29 is 28.7 Å². The van der Waals surface area contributed by atoms with E-state index in [-0.39, 0.29) is 24.8 Å². The van der Waals surface area contributed by atoms with Crippen LogP contribution in [0.4, 0.5) is 0 Å². The van der Waals surface area contributed by atoms with Gasteiger partial charge in [-0.25, -0.2) is 4.79 Å². The first-order valence-corrected chi connectivity index (χ1v) is 10.6. The van der Waals surface area contributed by atoms with Crippen LogP contribution in [0.25, 0.3) is 0 Å². The van der Waals surface area contributed by atoms with E-state index in [1.54, 1.807) is 55.6 Å². The lowest BCUT2D eigenvalue weighted by atomic mass is 10.1. The Morgan fingerprint density at radius 2 is 1.61 bits per heavy atom. The largest absolute Gasteiger partial charge is 0.460 e. The molecule has 0 saturated heterocycles. The molecule has 0 atom stereocenters. The van der Waals surface area contributed by atoms with Gasteiger partial charge in [0.1, 0.15) is 6.61 Å². The van der Waals surface area contributed by atoms with Gasteiger partial charge in [-0.1, -0.05) is 24.3 Å². The fourth-order valence-corrected chi connectivity index (χ4v) is 3.87. The molecule has 0 aromatic heterocycles. The molecule has 0 bridgehead atoms. The Kier molecular flexibility index (Phi) is 7.80. The Labute approximate surface area is 183 Å². The van der Waals surface area contributed by atoms with E-state index in [2.05, 4.69) is 5.32 Å². The minimum atomic E-state index is -0.584. The average molecular weight is 442 g/mol. The van der Waals surface area contributed by atoms with Gasteiger partial charge < -0.3 is 14.8 Å². The number of fused-ring (bicyclic) bond motifs is 1. The third kappa shape index (κ3) is 5.50. The van der Waals surface area contributed by atoms with Gasteiger partial charge in [-0.3, -0.25) is 19.3 Å². The summed E-state index contributed by atoms with van der Waals surface area (Å²) in [5, 5.41) is 2.71. The van der Waals surface area contributed by atoms with E-state index in [0.717, 1.165) is 4.90 Å². The van der Waals surface area contributed by atoms with Crippen molar-refractivity contribution in [2.24, 2.45) is 0 Å². The standard InChI is InChI=1S/C22H22N2O6S/c1-29-12-10-23-19(25)14-31-18-9-5-4-8-17(18)22(28)30-13-11-24-20(26)15-6-2-3-7-16(15)21(24)27/h2-9H,10-14H2,1H3,(H,23,25). The van der Waals surface area contributed by atoms with Crippen LogP contribution in [-0.2, 0) is 14.3 Å². The van der Waals surface area contributed by atoms with Crippen molar-refractivity contribution in [3.8, 4) is 0 Å². The van der Waals surface area contributed by atoms with Crippen molar-refractivity contribution in [3.63, 3.8) is 0 Å². The summed E-state index contributed by atoms with van der Waals surface area (Å²) in [5.41, 5.74) is 1.02. The Morgan fingerprint density at radius 3 is 2.29 bits per heavy atom. The molecule has 31 heavy (non-hydrogen) atoms. The number of esters is 1. The van der Waals surface area contributed by atoms with Gasteiger partial charge in [0.25, 0.3) is 11.8 Å². The molecular weight excluding hydrogens is 420 g/mol. The second-order valence-corrected chi connectivity index (χ2v) is 7.59. The highest BCUT2D eigenvalue weighted by Gasteiger charge is 2.34. The lowest BCUT2D eigenvalue weighted by Gasteiger charge is -2.14. The Bertz CT molecular complexity index is 958.